The first-order valence-electron chi connectivity index (χ1n) is 8.03. The molecule has 0 N–H and O–H groups in total. The average molecular weight is 402 g/mol. The normalized spacial score (nSPS) is 18.1. The van der Waals surface area contributed by atoms with E-state index in [0.717, 1.165) is 12.1 Å². The number of nitrogens with zero attached hydrogens (tertiary/aromatic N) is 1. The van der Waals surface area contributed by atoms with Crippen molar-refractivity contribution in [2.24, 2.45) is 0 Å². The molecule has 0 amide bonds. The minimum atomic E-state index is -4.67. The van der Waals surface area contributed by atoms with Gasteiger partial charge in [-0.05, 0) is 38.5 Å². The van der Waals surface area contributed by atoms with Crippen molar-refractivity contribution in [3.8, 4) is 0 Å². The number of alkyl halides is 3. The third kappa shape index (κ3) is 3.74. The lowest BCUT2D eigenvalue weighted by Gasteiger charge is -2.36. The number of halogens is 4. The summed E-state index contributed by atoms with van der Waals surface area (Å²) >= 11 is 5.71. The fourth-order valence-corrected chi connectivity index (χ4v) is 3.51. The lowest BCUT2D eigenvalue weighted by molar-refractivity contribution is -0.137. The molecule has 0 aliphatic carbocycles. The molecular formula is C19H19ClF3NO3. The van der Waals surface area contributed by atoms with Crippen molar-refractivity contribution < 1.29 is 27.5 Å². The molecular weight excluding hydrogens is 383 g/mol. The van der Waals surface area contributed by atoms with Crippen molar-refractivity contribution in [3.05, 3.63) is 56.9 Å². The first kappa shape index (κ1) is 21.0. The van der Waals surface area contributed by atoms with Crippen LogP contribution in [0.1, 0.15) is 37.8 Å². The van der Waals surface area contributed by atoms with E-state index in [0.29, 0.717) is 11.4 Å². The van der Waals surface area contributed by atoms with E-state index in [1.165, 1.54) is 20.1 Å². The van der Waals surface area contributed by atoms with Crippen LogP contribution in [-0.4, -0.2) is 30.8 Å². The van der Waals surface area contributed by atoms with Gasteiger partial charge in [0.05, 0.1) is 23.3 Å². The predicted molar refractivity (Wildman–Crippen MR) is 95.1 cm³/mol. The number of methoxy groups -OCH3 is 1. The van der Waals surface area contributed by atoms with Gasteiger partial charge in [0.15, 0.2) is 5.78 Å². The fourth-order valence-electron chi connectivity index (χ4n) is 3.28. The number of ketones is 1. The molecule has 27 heavy (non-hydrogen) atoms. The van der Waals surface area contributed by atoms with Gasteiger partial charge in [0.2, 0.25) is 0 Å². The van der Waals surface area contributed by atoms with Crippen LogP contribution in [-0.2, 0) is 20.5 Å². The number of hydrogen-bond donors (Lipinski definition) is 0. The first-order valence-corrected chi connectivity index (χ1v) is 8.40. The summed E-state index contributed by atoms with van der Waals surface area (Å²) in [6, 6.07) is 3.39. The lowest BCUT2D eigenvalue weighted by Crippen LogP contribution is -2.32. The van der Waals surface area contributed by atoms with Gasteiger partial charge in [0, 0.05) is 29.9 Å². The molecule has 1 heterocycles. The number of Topliss-reactive ketones (excluding diaryl/α,β-unsaturated/α-hetero) is 1. The van der Waals surface area contributed by atoms with Gasteiger partial charge in [0.1, 0.15) is 0 Å². The second-order valence-corrected chi connectivity index (χ2v) is 6.68. The van der Waals surface area contributed by atoms with E-state index in [-0.39, 0.29) is 22.5 Å². The van der Waals surface area contributed by atoms with E-state index in [2.05, 4.69) is 0 Å². The fraction of sp³-hybridized carbons (Fsp3) is 0.368. The van der Waals surface area contributed by atoms with E-state index in [4.69, 9.17) is 16.3 Å². The number of rotatable bonds is 3. The van der Waals surface area contributed by atoms with Gasteiger partial charge < -0.3 is 9.64 Å². The highest BCUT2D eigenvalue weighted by atomic mass is 35.5. The second kappa shape index (κ2) is 7.38. The van der Waals surface area contributed by atoms with Crippen molar-refractivity contribution in [1.82, 2.24) is 4.90 Å². The van der Waals surface area contributed by atoms with Crippen LogP contribution in [0.3, 0.4) is 0 Å². The van der Waals surface area contributed by atoms with Gasteiger partial charge >= 0.3 is 12.1 Å². The molecule has 4 nitrogen and oxygen atoms in total. The summed E-state index contributed by atoms with van der Waals surface area (Å²) in [6.45, 7) is 4.65. The van der Waals surface area contributed by atoms with Crippen LogP contribution in [0.5, 0.6) is 0 Å². The van der Waals surface area contributed by atoms with Crippen LogP contribution >= 0.6 is 11.6 Å². The third-order valence-corrected chi connectivity index (χ3v) is 5.11. The Kier molecular flexibility index (Phi) is 5.75. The first-order chi connectivity index (χ1) is 12.4. The number of hydrogen-bond acceptors (Lipinski definition) is 4. The maximum Gasteiger partial charge on any atom is 0.417 e. The summed E-state index contributed by atoms with van der Waals surface area (Å²) in [5, 5.41) is -0.454. The minimum Gasteiger partial charge on any atom is -0.466 e. The van der Waals surface area contributed by atoms with Crippen LogP contribution in [0.25, 0.3) is 0 Å². The Morgan fingerprint density at radius 2 is 1.70 bits per heavy atom. The zero-order valence-corrected chi connectivity index (χ0v) is 16.2. The highest BCUT2D eigenvalue weighted by Gasteiger charge is 2.39. The number of esters is 1. The molecule has 0 spiro atoms. The molecule has 0 bridgehead atoms. The van der Waals surface area contributed by atoms with Gasteiger partial charge in [-0.1, -0.05) is 17.7 Å². The summed E-state index contributed by atoms with van der Waals surface area (Å²) in [7, 11) is 2.86. The number of ether oxygens (including phenoxy) is 1. The van der Waals surface area contributed by atoms with Gasteiger partial charge in [-0.25, -0.2) is 4.79 Å². The predicted octanol–water partition coefficient (Wildman–Crippen LogP) is 4.70. The van der Waals surface area contributed by atoms with E-state index in [9.17, 15) is 22.8 Å². The zero-order chi connectivity index (χ0) is 20.7. The molecule has 0 fully saturated rings. The average Bonchev–Trinajstić information content (AvgIpc) is 2.57. The SMILES string of the molecule is COC(=O)C1=C(C)N(C)C(C)=C(C(C)=O)C1c1ccc(Cl)c(C(F)(F)F)c1. The molecule has 1 aliphatic rings. The highest BCUT2D eigenvalue weighted by molar-refractivity contribution is 6.31. The summed E-state index contributed by atoms with van der Waals surface area (Å²) in [4.78, 5) is 26.4. The van der Waals surface area contributed by atoms with Crippen molar-refractivity contribution in [2.45, 2.75) is 32.9 Å². The number of allylic oxidation sites excluding steroid dienone is 3. The van der Waals surface area contributed by atoms with E-state index in [1.54, 1.807) is 25.8 Å². The Labute approximate surface area is 160 Å². The number of carbonyl (C=O) groups excluding carboxylic acids is 2. The molecule has 1 atom stereocenters. The Bertz CT molecular complexity index is 871. The summed E-state index contributed by atoms with van der Waals surface area (Å²) in [5.41, 5.74) is 0.524. The van der Waals surface area contributed by atoms with Gasteiger partial charge in [-0.3, -0.25) is 4.79 Å². The summed E-state index contributed by atoms with van der Waals surface area (Å²) < 4.78 is 44.8. The van der Waals surface area contributed by atoms with Crippen LogP contribution < -0.4 is 0 Å². The largest absolute Gasteiger partial charge is 0.466 e. The lowest BCUT2D eigenvalue weighted by atomic mass is 9.78. The summed E-state index contributed by atoms with van der Waals surface area (Å²) in [6.07, 6.45) is -4.67. The quantitative estimate of drug-likeness (QED) is 0.689. The van der Waals surface area contributed by atoms with Gasteiger partial charge in [0.25, 0.3) is 0 Å². The minimum absolute atomic E-state index is 0.117. The van der Waals surface area contributed by atoms with Crippen LogP contribution in [0.15, 0.2) is 40.7 Å². The molecule has 146 valence electrons. The van der Waals surface area contributed by atoms with Crippen molar-refractivity contribution >= 4 is 23.4 Å². The third-order valence-electron chi connectivity index (χ3n) is 4.78. The van der Waals surface area contributed by atoms with Crippen LogP contribution in [0.4, 0.5) is 13.2 Å². The highest BCUT2D eigenvalue weighted by Crippen LogP contribution is 2.44. The maximum atomic E-state index is 13.3. The standard InChI is InChI=1S/C19H19ClF3NO3/c1-9-15(11(3)25)17(16(18(26)27-5)10(2)24(9)4)12-6-7-14(20)13(8-12)19(21,22)23/h6-8,17H,1-5H3. The monoisotopic (exact) mass is 401 g/mol. The van der Waals surface area contributed by atoms with Crippen LogP contribution in [0.2, 0.25) is 5.02 Å². The number of benzene rings is 1. The second-order valence-electron chi connectivity index (χ2n) is 6.28. The number of carbonyl (C=O) groups is 2. The Morgan fingerprint density at radius 3 is 2.19 bits per heavy atom. The Morgan fingerprint density at radius 1 is 1.15 bits per heavy atom. The molecule has 0 aromatic heterocycles. The maximum absolute atomic E-state index is 13.3. The smallest absolute Gasteiger partial charge is 0.417 e. The summed E-state index contributed by atoms with van der Waals surface area (Å²) in [5.74, 6) is -2.04. The molecule has 0 saturated heterocycles. The van der Waals surface area contributed by atoms with Gasteiger partial charge in [-0.2, -0.15) is 13.2 Å². The van der Waals surface area contributed by atoms with E-state index >= 15 is 0 Å². The van der Waals surface area contributed by atoms with E-state index < -0.39 is 28.6 Å². The van der Waals surface area contributed by atoms with E-state index in [1.807, 2.05) is 0 Å². The van der Waals surface area contributed by atoms with Crippen molar-refractivity contribution in [3.63, 3.8) is 0 Å². The molecule has 1 unspecified atom stereocenters. The van der Waals surface area contributed by atoms with Gasteiger partial charge in [-0.15, -0.1) is 0 Å². The molecule has 2 rings (SSSR count). The van der Waals surface area contributed by atoms with Crippen molar-refractivity contribution in [1.29, 1.82) is 0 Å². The Hall–Kier alpha value is -2.28. The molecule has 1 aliphatic heterocycles. The zero-order valence-electron chi connectivity index (χ0n) is 15.5. The van der Waals surface area contributed by atoms with Crippen molar-refractivity contribution in [2.75, 3.05) is 14.2 Å². The molecule has 0 radical (unpaired) electrons. The van der Waals surface area contributed by atoms with Crippen LogP contribution in [0, 0.1) is 0 Å². The Balaban J connectivity index is 2.83. The molecule has 1 aromatic rings. The topological polar surface area (TPSA) is 46.6 Å². The molecule has 8 heteroatoms. The molecule has 1 aromatic carbocycles. The molecule has 0 saturated carbocycles.